The van der Waals surface area contributed by atoms with E-state index in [-0.39, 0.29) is 24.4 Å². The Balaban J connectivity index is 2.40. The molecule has 1 atom stereocenters. The third-order valence-electron chi connectivity index (χ3n) is 3.27. The average Bonchev–Trinajstić information content (AvgIpc) is 2.41. The van der Waals surface area contributed by atoms with Crippen molar-refractivity contribution in [3.05, 3.63) is 0 Å². The molecule has 1 saturated heterocycles. The van der Waals surface area contributed by atoms with Crippen LogP contribution >= 0.6 is 0 Å². The molecular weight excluding hydrogens is 216 g/mol. The van der Waals surface area contributed by atoms with Gasteiger partial charge < -0.3 is 10.2 Å². The van der Waals surface area contributed by atoms with Crippen LogP contribution in [0.25, 0.3) is 0 Å². The number of amides is 2. The molecule has 1 N–H and O–H groups in total. The van der Waals surface area contributed by atoms with Gasteiger partial charge in [-0.05, 0) is 19.3 Å². The van der Waals surface area contributed by atoms with Gasteiger partial charge in [0.1, 0.15) is 0 Å². The van der Waals surface area contributed by atoms with Crippen LogP contribution < -0.4 is 5.32 Å². The van der Waals surface area contributed by atoms with Crippen molar-refractivity contribution in [1.29, 1.82) is 0 Å². The molecule has 4 heteroatoms. The monoisotopic (exact) mass is 240 g/mol. The molecule has 98 valence electrons. The van der Waals surface area contributed by atoms with E-state index < -0.39 is 0 Å². The fourth-order valence-corrected chi connectivity index (χ4v) is 2.15. The zero-order valence-electron chi connectivity index (χ0n) is 11.2. The average molecular weight is 240 g/mol. The minimum atomic E-state index is -0.0183. The SMILES string of the molecule is CC(C)CCCC(C)N1CCC(=O)NCC1=O. The Kier molecular flexibility index (Phi) is 5.45. The highest BCUT2D eigenvalue weighted by Crippen LogP contribution is 2.13. The molecule has 0 bridgehead atoms. The Labute approximate surface area is 104 Å². The maximum atomic E-state index is 11.8. The van der Waals surface area contributed by atoms with Gasteiger partial charge in [0.2, 0.25) is 11.8 Å². The quantitative estimate of drug-likeness (QED) is 0.792. The number of nitrogens with zero attached hydrogens (tertiary/aromatic N) is 1. The highest BCUT2D eigenvalue weighted by Gasteiger charge is 2.23. The lowest BCUT2D eigenvalue weighted by molar-refractivity contribution is -0.132. The van der Waals surface area contributed by atoms with Crippen molar-refractivity contribution in [2.45, 2.75) is 52.5 Å². The lowest BCUT2D eigenvalue weighted by atomic mass is 10.0. The van der Waals surface area contributed by atoms with E-state index in [1.807, 2.05) is 4.90 Å². The first-order valence-corrected chi connectivity index (χ1v) is 6.57. The van der Waals surface area contributed by atoms with Gasteiger partial charge in [-0.25, -0.2) is 0 Å². The molecule has 0 aromatic rings. The number of carbonyl (C=O) groups excluding carboxylic acids is 2. The molecule has 1 heterocycles. The summed E-state index contributed by atoms with van der Waals surface area (Å²) in [6, 6.07) is 0.244. The molecule has 0 spiro atoms. The van der Waals surface area contributed by atoms with Crippen LogP contribution in [-0.2, 0) is 9.59 Å². The molecule has 0 aromatic heterocycles. The lowest BCUT2D eigenvalue weighted by Gasteiger charge is -2.27. The summed E-state index contributed by atoms with van der Waals surface area (Å²) in [6.07, 6.45) is 3.80. The summed E-state index contributed by atoms with van der Waals surface area (Å²) in [5.74, 6) is 0.744. The van der Waals surface area contributed by atoms with E-state index in [0.717, 1.165) is 12.8 Å². The molecule has 1 aliphatic rings. The fraction of sp³-hybridized carbons (Fsp3) is 0.846. The molecule has 0 aromatic carbocycles. The number of hydrogen-bond donors (Lipinski definition) is 1. The second kappa shape index (κ2) is 6.62. The summed E-state index contributed by atoms with van der Waals surface area (Å²) < 4.78 is 0. The number of rotatable bonds is 5. The van der Waals surface area contributed by atoms with Gasteiger partial charge >= 0.3 is 0 Å². The van der Waals surface area contributed by atoms with Gasteiger partial charge in [0, 0.05) is 19.0 Å². The van der Waals surface area contributed by atoms with Gasteiger partial charge in [0.25, 0.3) is 0 Å². The van der Waals surface area contributed by atoms with E-state index >= 15 is 0 Å². The van der Waals surface area contributed by atoms with E-state index in [2.05, 4.69) is 26.1 Å². The van der Waals surface area contributed by atoms with E-state index in [4.69, 9.17) is 0 Å². The Morgan fingerprint density at radius 1 is 1.24 bits per heavy atom. The molecule has 17 heavy (non-hydrogen) atoms. The number of carbonyl (C=O) groups is 2. The van der Waals surface area contributed by atoms with Crippen LogP contribution in [0.5, 0.6) is 0 Å². The number of nitrogens with one attached hydrogen (secondary N) is 1. The summed E-state index contributed by atoms with van der Waals surface area (Å²) in [5, 5.41) is 2.62. The second-order valence-electron chi connectivity index (χ2n) is 5.29. The second-order valence-corrected chi connectivity index (χ2v) is 5.29. The maximum Gasteiger partial charge on any atom is 0.242 e. The Hall–Kier alpha value is -1.06. The summed E-state index contributed by atoms with van der Waals surface area (Å²) in [5.41, 5.74) is 0. The first-order chi connectivity index (χ1) is 8.00. The van der Waals surface area contributed by atoms with Crippen molar-refractivity contribution in [2.75, 3.05) is 13.1 Å². The molecule has 0 saturated carbocycles. The highest BCUT2D eigenvalue weighted by molar-refractivity contribution is 5.87. The van der Waals surface area contributed by atoms with Crippen LogP contribution in [0.4, 0.5) is 0 Å². The smallest absolute Gasteiger partial charge is 0.242 e. The zero-order chi connectivity index (χ0) is 12.8. The third kappa shape index (κ3) is 4.75. The first kappa shape index (κ1) is 14.0. The van der Waals surface area contributed by atoms with Crippen molar-refractivity contribution < 1.29 is 9.59 Å². The van der Waals surface area contributed by atoms with Gasteiger partial charge in [0.15, 0.2) is 0 Å². The summed E-state index contributed by atoms with van der Waals surface area (Å²) >= 11 is 0. The van der Waals surface area contributed by atoms with Crippen LogP contribution in [0.3, 0.4) is 0 Å². The molecule has 4 nitrogen and oxygen atoms in total. The predicted octanol–water partition coefficient (Wildman–Crippen LogP) is 1.55. The van der Waals surface area contributed by atoms with Crippen LogP contribution in [-0.4, -0.2) is 35.8 Å². The van der Waals surface area contributed by atoms with Gasteiger partial charge in [-0.3, -0.25) is 9.59 Å². The standard InChI is InChI=1S/C13H24N2O2/c1-10(2)5-4-6-11(3)15-8-7-12(16)14-9-13(15)17/h10-11H,4-9H2,1-3H3,(H,14,16). The van der Waals surface area contributed by atoms with E-state index in [0.29, 0.717) is 18.9 Å². The van der Waals surface area contributed by atoms with Crippen molar-refractivity contribution in [3.63, 3.8) is 0 Å². The van der Waals surface area contributed by atoms with Crippen molar-refractivity contribution in [2.24, 2.45) is 5.92 Å². The van der Waals surface area contributed by atoms with Gasteiger partial charge in [-0.15, -0.1) is 0 Å². The van der Waals surface area contributed by atoms with E-state index in [1.54, 1.807) is 0 Å². The summed E-state index contributed by atoms with van der Waals surface area (Å²) in [6.45, 7) is 7.23. The maximum absolute atomic E-state index is 11.8. The van der Waals surface area contributed by atoms with Crippen molar-refractivity contribution in [1.82, 2.24) is 10.2 Å². The Bertz CT molecular complexity index is 277. The molecule has 0 radical (unpaired) electrons. The fourth-order valence-electron chi connectivity index (χ4n) is 2.15. The molecule has 0 aliphatic carbocycles. The van der Waals surface area contributed by atoms with Crippen molar-refractivity contribution >= 4 is 11.8 Å². The van der Waals surface area contributed by atoms with Crippen LogP contribution in [0.2, 0.25) is 0 Å². The Morgan fingerprint density at radius 2 is 1.94 bits per heavy atom. The summed E-state index contributed by atoms with van der Waals surface area (Å²) in [7, 11) is 0. The highest BCUT2D eigenvalue weighted by atomic mass is 16.2. The van der Waals surface area contributed by atoms with Crippen LogP contribution in [0.1, 0.15) is 46.5 Å². The van der Waals surface area contributed by atoms with Crippen LogP contribution in [0, 0.1) is 5.92 Å². The van der Waals surface area contributed by atoms with E-state index in [1.165, 1.54) is 6.42 Å². The van der Waals surface area contributed by atoms with Gasteiger partial charge in [0.05, 0.1) is 6.54 Å². The molecule has 1 aliphatic heterocycles. The lowest BCUT2D eigenvalue weighted by Crippen LogP contribution is -2.41. The minimum Gasteiger partial charge on any atom is -0.347 e. The predicted molar refractivity (Wildman–Crippen MR) is 67.5 cm³/mol. The van der Waals surface area contributed by atoms with Crippen molar-refractivity contribution in [3.8, 4) is 0 Å². The largest absolute Gasteiger partial charge is 0.347 e. The van der Waals surface area contributed by atoms with E-state index in [9.17, 15) is 9.59 Å². The molecule has 1 rings (SSSR count). The number of hydrogen-bond acceptors (Lipinski definition) is 2. The van der Waals surface area contributed by atoms with Gasteiger partial charge in [-0.1, -0.05) is 26.7 Å². The molecule has 1 fully saturated rings. The van der Waals surface area contributed by atoms with Crippen LogP contribution in [0.15, 0.2) is 0 Å². The normalized spacial score (nSPS) is 19.2. The zero-order valence-corrected chi connectivity index (χ0v) is 11.2. The summed E-state index contributed by atoms with van der Waals surface area (Å²) in [4.78, 5) is 24.9. The Morgan fingerprint density at radius 3 is 2.59 bits per heavy atom. The third-order valence-corrected chi connectivity index (χ3v) is 3.27. The molecule has 1 unspecified atom stereocenters. The molecule has 2 amide bonds. The van der Waals surface area contributed by atoms with Gasteiger partial charge in [-0.2, -0.15) is 0 Å². The topological polar surface area (TPSA) is 49.4 Å². The minimum absolute atomic E-state index is 0.0183. The first-order valence-electron chi connectivity index (χ1n) is 6.57. The molecular formula is C13H24N2O2.